The summed E-state index contributed by atoms with van der Waals surface area (Å²) in [6, 6.07) is 2.22. The lowest BCUT2D eigenvalue weighted by Crippen LogP contribution is -2.60. The molecule has 0 aromatic carbocycles. The lowest BCUT2D eigenvalue weighted by Gasteiger charge is -2.44. The van der Waals surface area contributed by atoms with Crippen LogP contribution in [0.4, 0.5) is 9.18 Å². The quantitative estimate of drug-likeness (QED) is 0.739. The molecule has 0 unspecified atom stereocenters. The molecule has 24 heavy (non-hydrogen) atoms. The number of pyridine rings is 1. The Morgan fingerprint density at radius 1 is 1.21 bits per heavy atom. The average Bonchev–Trinajstić information content (AvgIpc) is 2.44. The van der Waals surface area contributed by atoms with E-state index in [2.05, 4.69) is 4.98 Å². The fourth-order valence-electron chi connectivity index (χ4n) is 2.85. The number of nitrogens with zero attached hydrogens (tertiary/aromatic N) is 3. The van der Waals surface area contributed by atoms with Crippen LogP contribution in [0.1, 0.15) is 45.0 Å². The van der Waals surface area contributed by atoms with Crippen molar-refractivity contribution < 1.29 is 18.7 Å². The van der Waals surface area contributed by atoms with Gasteiger partial charge in [0, 0.05) is 19.3 Å². The van der Waals surface area contributed by atoms with Gasteiger partial charge in [-0.05, 0) is 46.8 Å². The molecule has 2 atom stereocenters. The smallest absolute Gasteiger partial charge is 0.410 e. The van der Waals surface area contributed by atoms with Gasteiger partial charge in [0.15, 0.2) is 0 Å². The molecular weight excluding hydrogens is 313 g/mol. The zero-order valence-electron chi connectivity index (χ0n) is 14.7. The summed E-state index contributed by atoms with van der Waals surface area (Å²) in [5, 5.41) is 0. The summed E-state index contributed by atoms with van der Waals surface area (Å²) in [7, 11) is 0. The zero-order chi connectivity index (χ0) is 18.1. The number of hydrogen-bond donors (Lipinski definition) is 0. The summed E-state index contributed by atoms with van der Waals surface area (Å²) in [4.78, 5) is 31.7. The van der Waals surface area contributed by atoms with Crippen LogP contribution in [-0.2, 0) is 4.74 Å². The molecule has 1 saturated heterocycles. The first-order valence-corrected chi connectivity index (χ1v) is 8.00. The van der Waals surface area contributed by atoms with E-state index in [9.17, 15) is 14.0 Å². The number of rotatable bonds is 1. The molecule has 7 heteroatoms. The SMILES string of the molecule is C[C@@H]1CN(C(=O)c2ccc(F)nc2)C[C@@H](C)N1C(=O)OC(C)(C)C. The Hall–Kier alpha value is -2.18. The van der Waals surface area contributed by atoms with Gasteiger partial charge in [-0.3, -0.25) is 9.69 Å². The Labute approximate surface area is 141 Å². The first-order chi connectivity index (χ1) is 11.1. The van der Waals surface area contributed by atoms with Crippen LogP contribution in [0.25, 0.3) is 0 Å². The molecular formula is C17H24FN3O3. The van der Waals surface area contributed by atoms with E-state index in [4.69, 9.17) is 4.74 Å². The summed E-state index contributed by atoms with van der Waals surface area (Å²) < 4.78 is 18.3. The van der Waals surface area contributed by atoms with Crippen molar-refractivity contribution in [3.63, 3.8) is 0 Å². The highest BCUT2D eigenvalue weighted by Gasteiger charge is 2.37. The maximum atomic E-state index is 12.9. The number of carbonyl (C=O) groups excluding carboxylic acids is 2. The molecule has 1 aliphatic rings. The predicted octanol–water partition coefficient (Wildman–Crippen LogP) is 2.69. The summed E-state index contributed by atoms with van der Waals surface area (Å²) >= 11 is 0. The van der Waals surface area contributed by atoms with Gasteiger partial charge >= 0.3 is 6.09 Å². The van der Waals surface area contributed by atoms with Crippen molar-refractivity contribution in [3.8, 4) is 0 Å². The molecule has 0 aliphatic carbocycles. The lowest BCUT2D eigenvalue weighted by atomic mass is 10.1. The third-order valence-electron chi connectivity index (χ3n) is 3.78. The van der Waals surface area contributed by atoms with Crippen molar-refractivity contribution in [2.45, 2.75) is 52.3 Å². The zero-order valence-corrected chi connectivity index (χ0v) is 14.7. The van der Waals surface area contributed by atoms with Gasteiger partial charge in [0.1, 0.15) is 5.60 Å². The third-order valence-corrected chi connectivity index (χ3v) is 3.78. The summed E-state index contributed by atoms with van der Waals surface area (Å²) in [6.07, 6.45) is 0.853. The van der Waals surface area contributed by atoms with Crippen LogP contribution in [0.5, 0.6) is 0 Å². The van der Waals surface area contributed by atoms with Gasteiger partial charge in [-0.2, -0.15) is 4.39 Å². The minimum Gasteiger partial charge on any atom is -0.444 e. The number of aromatic nitrogens is 1. The van der Waals surface area contributed by atoms with Crippen LogP contribution in [0.15, 0.2) is 18.3 Å². The summed E-state index contributed by atoms with van der Waals surface area (Å²) in [5.74, 6) is -0.840. The van der Waals surface area contributed by atoms with E-state index in [0.29, 0.717) is 18.7 Å². The van der Waals surface area contributed by atoms with Crippen LogP contribution in [0.3, 0.4) is 0 Å². The molecule has 6 nitrogen and oxygen atoms in total. The first kappa shape index (κ1) is 18.2. The van der Waals surface area contributed by atoms with Crippen molar-refractivity contribution >= 4 is 12.0 Å². The summed E-state index contributed by atoms with van der Waals surface area (Å²) in [6.45, 7) is 10.00. The van der Waals surface area contributed by atoms with Crippen LogP contribution in [-0.4, -0.2) is 57.6 Å². The van der Waals surface area contributed by atoms with E-state index in [1.807, 2.05) is 34.6 Å². The van der Waals surface area contributed by atoms with E-state index in [-0.39, 0.29) is 24.1 Å². The second-order valence-electron chi connectivity index (χ2n) is 7.17. The van der Waals surface area contributed by atoms with E-state index >= 15 is 0 Å². The van der Waals surface area contributed by atoms with Crippen LogP contribution < -0.4 is 0 Å². The van der Waals surface area contributed by atoms with Gasteiger partial charge in [-0.15, -0.1) is 0 Å². The standard InChI is InChI=1S/C17H24FN3O3/c1-11-9-20(15(22)13-6-7-14(18)19-8-13)10-12(2)21(11)16(23)24-17(3,4)5/h6-8,11-12H,9-10H2,1-5H3/t11-,12-/m1/s1. The van der Waals surface area contributed by atoms with Crippen molar-refractivity contribution in [1.82, 2.24) is 14.8 Å². The molecule has 0 N–H and O–H groups in total. The van der Waals surface area contributed by atoms with E-state index in [1.54, 1.807) is 9.80 Å². The molecule has 0 radical (unpaired) electrons. The van der Waals surface area contributed by atoms with E-state index < -0.39 is 11.5 Å². The van der Waals surface area contributed by atoms with Crippen molar-refractivity contribution in [2.75, 3.05) is 13.1 Å². The minimum absolute atomic E-state index is 0.180. The highest BCUT2D eigenvalue weighted by Crippen LogP contribution is 2.21. The first-order valence-electron chi connectivity index (χ1n) is 8.00. The Balaban J connectivity index is 2.08. The monoisotopic (exact) mass is 337 g/mol. The number of amides is 2. The maximum absolute atomic E-state index is 12.9. The second-order valence-corrected chi connectivity index (χ2v) is 7.17. The van der Waals surface area contributed by atoms with Gasteiger partial charge in [0.25, 0.3) is 5.91 Å². The molecule has 132 valence electrons. The molecule has 0 bridgehead atoms. The van der Waals surface area contributed by atoms with Gasteiger partial charge in [-0.25, -0.2) is 9.78 Å². The topological polar surface area (TPSA) is 62.7 Å². The molecule has 1 fully saturated rings. The number of hydrogen-bond acceptors (Lipinski definition) is 4. The van der Waals surface area contributed by atoms with E-state index in [1.165, 1.54) is 12.3 Å². The van der Waals surface area contributed by atoms with Crippen LogP contribution in [0, 0.1) is 5.95 Å². The lowest BCUT2D eigenvalue weighted by molar-refractivity contribution is -0.0130. The molecule has 2 heterocycles. The average molecular weight is 337 g/mol. The molecule has 1 aromatic rings. The predicted molar refractivity (Wildman–Crippen MR) is 87.1 cm³/mol. The largest absolute Gasteiger partial charge is 0.444 e. The Morgan fingerprint density at radius 2 is 1.79 bits per heavy atom. The van der Waals surface area contributed by atoms with Crippen molar-refractivity contribution in [1.29, 1.82) is 0 Å². The van der Waals surface area contributed by atoms with Crippen LogP contribution in [0.2, 0.25) is 0 Å². The number of piperazine rings is 1. The van der Waals surface area contributed by atoms with Gasteiger partial charge < -0.3 is 9.64 Å². The van der Waals surface area contributed by atoms with Gasteiger partial charge in [0.05, 0.1) is 17.6 Å². The molecule has 0 saturated carbocycles. The molecule has 1 aliphatic heterocycles. The van der Waals surface area contributed by atoms with Crippen LogP contribution >= 0.6 is 0 Å². The van der Waals surface area contributed by atoms with E-state index in [0.717, 1.165) is 6.07 Å². The van der Waals surface area contributed by atoms with Gasteiger partial charge in [-0.1, -0.05) is 0 Å². The maximum Gasteiger partial charge on any atom is 0.410 e. The number of carbonyl (C=O) groups is 2. The third kappa shape index (κ3) is 4.21. The minimum atomic E-state index is -0.622. The second kappa shape index (κ2) is 6.75. The van der Waals surface area contributed by atoms with Crippen molar-refractivity contribution in [2.24, 2.45) is 0 Å². The fourth-order valence-corrected chi connectivity index (χ4v) is 2.85. The molecule has 0 spiro atoms. The molecule has 2 rings (SSSR count). The highest BCUT2D eigenvalue weighted by atomic mass is 19.1. The molecule has 1 aromatic heterocycles. The normalized spacial score (nSPS) is 21.6. The van der Waals surface area contributed by atoms with Crippen molar-refractivity contribution in [3.05, 3.63) is 29.8 Å². The Bertz CT molecular complexity index is 601. The Morgan fingerprint density at radius 3 is 2.25 bits per heavy atom. The molecule has 2 amide bonds. The summed E-state index contributed by atoms with van der Waals surface area (Å²) in [5.41, 5.74) is -0.231. The fraction of sp³-hybridized carbons (Fsp3) is 0.588. The van der Waals surface area contributed by atoms with Gasteiger partial charge in [0.2, 0.25) is 5.95 Å². The number of ether oxygens (including phenoxy) is 1. The number of halogens is 1. The Kier molecular flexibility index (Phi) is 5.11. The highest BCUT2D eigenvalue weighted by molar-refractivity contribution is 5.94.